The van der Waals surface area contributed by atoms with Gasteiger partial charge in [0.05, 0.1) is 4.90 Å². The third-order valence-corrected chi connectivity index (χ3v) is 2.58. The summed E-state index contributed by atoms with van der Waals surface area (Å²) < 4.78 is 21.9. The molecule has 0 radical (unpaired) electrons. The summed E-state index contributed by atoms with van der Waals surface area (Å²) in [5, 5.41) is 0. The Morgan fingerprint density at radius 2 is 1.50 bits per heavy atom. The molecule has 2 nitrogen and oxygen atoms in total. The lowest BCUT2D eigenvalue weighted by molar-refractivity contribution is 0.602. The van der Waals surface area contributed by atoms with Crippen LogP contribution in [0.5, 0.6) is 0 Å². The second-order valence-corrected chi connectivity index (χ2v) is 4.60. The molecule has 12 heavy (non-hydrogen) atoms. The fourth-order valence-electron chi connectivity index (χ4n) is 0.785. The summed E-state index contributed by atoms with van der Waals surface area (Å²) in [4.78, 5) is 0.378. The van der Waals surface area contributed by atoms with E-state index in [0.29, 0.717) is 4.90 Å². The number of halogens is 1. The van der Waals surface area contributed by atoms with E-state index in [1.54, 1.807) is 24.3 Å². The van der Waals surface area contributed by atoms with Gasteiger partial charge < -0.3 is 0 Å². The molecule has 0 aliphatic heterocycles. The van der Waals surface area contributed by atoms with Gasteiger partial charge in [-0.2, -0.15) is 0 Å². The van der Waals surface area contributed by atoms with Crippen LogP contribution in [0.15, 0.2) is 29.2 Å². The topological polar surface area (TPSA) is 34.1 Å². The summed E-state index contributed by atoms with van der Waals surface area (Å²) in [6, 6.07) is 6.81. The maximum absolute atomic E-state index is 10.9. The molecule has 0 heterocycles. The minimum atomic E-state index is -3.02. The fraction of sp³-hybridized carbons (Fsp3) is 0.250. The van der Waals surface area contributed by atoms with Crippen molar-refractivity contribution in [2.75, 3.05) is 6.26 Å². The van der Waals surface area contributed by atoms with Crippen molar-refractivity contribution in [2.45, 2.75) is 11.8 Å². The van der Waals surface area contributed by atoms with Crippen LogP contribution in [0, 0.1) is 6.92 Å². The van der Waals surface area contributed by atoms with Crippen LogP contribution in [0.25, 0.3) is 0 Å². The van der Waals surface area contributed by atoms with Gasteiger partial charge in [0, 0.05) is 6.26 Å². The van der Waals surface area contributed by atoms with E-state index in [0.717, 1.165) is 5.56 Å². The van der Waals surface area contributed by atoms with Crippen LogP contribution in [0.3, 0.4) is 0 Å². The van der Waals surface area contributed by atoms with Crippen molar-refractivity contribution < 1.29 is 8.42 Å². The number of hydrogen-bond donors (Lipinski definition) is 0. The molecular formula is C8H11ClO2S. The average Bonchev–Trinajstić information content (AvgIpc) is 1.86. The van der Waals surface area contributed by atoms with E-state index < -0.39 is 9.84 Å². The smallest absolute Gasteiger partial charge is 0.175 e. The molecule has 0 aliphatic rings. The maximum atomic E-state index is 10.9. The van der Waals surface area contributed by atoms with Gasteiger partial charge in [0.1, 0.15) is 0 Å². The quantitative estimate of drug-likeness (QED) is 0.703. The molecule has 1 rings (SSSR count). The Balaban J connectivity index is 0.00000121. The summed E-state index contributed by atoms with van der Waals surface area (Å²) in [5.41, 5.74) is 1.07. The van der Waals surface area contributed by atoms with Crippen LogP contribution < -0.4 is 0 Å². The lowest BCUT2D eigenvalue weighted by Gasteiger charge is -1.96. The second kappa shape index (κ2) is 3.92. The largest absolute Gasteiger partial charge is 0.224 e. The van der Waals surface area contributed by atoms with Crippen molar-refractivity contribution >= 4 is 22.2 Å². The first-order valence-corrected chi connectivity index (χ1v) is 5.16. The van der Waals surface area contributed by atoms with E-state index in [9.17, 15) is 8.42 Å². The molecule has 0 aliphatic carbocycles. The van der Waals surface area contributed by atoms with Crippen LogP contribution in [0.1, 0.15) is 5.56 Å². The first-order chi connectivity index (χ1) is 5.00. The Morgan fingerprint density at radius 1 is 1.08 bits per heavy atom. The van der Waals surface area contributed by atoms with E-state index >= 15 is 0 Å². The van der Waals surface area contributed by atoms with E-state index in [1.165, 1.54) is 6.26 Å². The Kier molecular flexibility index (Phi) is 3.74. The monoisotopic (exact) mass is 206 g/mol. The van der Waals surface area contributed by atoms with E-state index in [-0.39, 0.29) is 12.4 Å². The van der Waals surface area contributed by atoms with Gasteiger partial charge in [0.2, 0.25) is 0 Å². The van der Waals surface area contributed by atoms with Gasteiger partial charge in [0.25, 0.3) is 0 Å². The van der Waals surface area contributed by atoms with Gasteiger partial charge in [-0.3, -0.25) is 0 Å². The summed E-state index contributed by atoms with van der Waals surface area (Å²) in [5.74, 6) is 0. The van der Waals surface area contributed by atoms with E-state index in [2.05, 4.69) is 0 Å². The van der Waals surface area contributed by atoms with Crippen molar-refractivity contribution in [1.29, 1.82) is 0 Å². The Bertz CT molecular complexity index is 340. The van der Waals surface area contributed by atoms with Crippen LogP contribution in [-0.2, 0) is 9.84 Å². The summed E-state index contributed by atoms with van der Waals surface area (Å²) in [7, 11) is -3.02. The minimum absolute atomic E-state index is 0. The summed E-state index contributed by atoms with van der Waals surface area (Å²) in [6.07, 6.45) is 1.21. The fourth-order valence-corrected chi connectivity index (χ4v) is 1.42. The molecule has 0 N–H and O–H groups in total. The van der Waals surface area contributed by atoms with Gasteiger partial charge in [0.15, 0.2) is 9.84 Å². The predicted molar refractivity (Wildman–Crippen MR) is 51.5 cm³/mol. The second-order valence-electron chi connectivity index (χ2n) is 2.59. The maximum Gasteiger partial charge on any atom is 0.175 e. The highest BCUT2D eigenvalue weighted by atomic mass is 35.5. The van der Waals surface area contributed by atoms with E-state index in [1.807, 2.05) is 6.92 Å². The third kappa shape index (κ3) is 2.83. The molecule has 68 valence electrons. The van der Waals surface area contributed by atoms with E-state index in [4.69, 9.17) is 0 Å². The first kappa shape index (κ1) is 11.5. The van der Waals surface area contributed by atoms with Crippen molar-refractivity contribution in [1.82, 2.24) is 0 Å². The Labute approximate surface area is 78.9 Å². The van der Waals surface area contributed by atoms with Gasteiger partial charge in [-0.1, -0.05) is 17.7 Å². The van der Waals surface area contributed by atoms with Gasteiger partial charge >= 0.3 is 0 Å². The summed E-state index contributed by atoms with van der Waals surface area (Å²) in [6.45, 7) is 1.92. The number of aryl methyl sites for hydroxylation is 1. The summed E-state index contributed by atoms with van der Waals surface area (Å²) >= 11 is 0. The Hall–Kier alpha value is -0.540. The molecule has 0 bridgehead atoms. The zero-order valence-corrected chi connectivity index (χ0v) is 8.58. The molecule has 1 aromatic rings. The zero-order valence-electron chi connectivity index (χ0n) is 6.94. The normalized spacial score (nSPS) is 10.5. The van der Waals surface area contributed by atoms with Crippen LogP contribution in [-0.4, -0.2) is 14.7 Å². The molecule has 0 saturated heterocycles. The standard InChI is InChI=1S/C8H10O2S.ClH/c1-7-3-5-8(6-4-7)11(2,9)10;/h3-6H,1-2H3;1H. The molecule has 0 unspecified atom stereocenters. The number of hydrogen-bond acceptors (Lipinski definition) is 2. The highest BCUT2D eigenvalue weighted by Crippen LogP contribution is 2.08. The van der Waals surface area contributed by atoms with Crippen molar-refractivity contribution in [3.63, 3.8) is 0 Å². The molecular weight excluding hydrogens is 196 g/mol. The average molecular weight is 207 g/mol. The van der Waals surface area contributed by atoms with Crippen LogP contribution in [0.4, 0.5) is 0 Å². The van der Waals surface area contributed by atoms with Crippen LogP contribution >= 0.6 is 12.4 Å². The molecule has 1 aromatic carbocycles. The van der Waals surface area contributed by atoms with Gasteiger partial charge in [-0.05, 0) is 19.1 Å². The number of sulfone groups is 1. The lowest BCUT2D eigenvalue weighted by Crippen LogP contribution is -1.95. The molecule has 0 atom stereocenters. The molecule has 0 fully saturated rings. The molecule has 0 amide bonds. The number of rotatable bonds is 1. The molecule has 4 heteroatoms. The van der Waals surface area contributed by atoms with Gasteiger partial charge in [-0.25, -0.2) is 8.42 Å². The lowest BCUT2D eigenvalue weighted by atomic mass is 10.2. The van der Waals surface area contributed by atoms with Crippen LogP contribution in [0.2, 0.25) is 0 Å². The highest BCUT2D eigenvalue weighted by Gasteiger charge is 2.04. The van der Waals surface area contributed by atoms with Crippen molar-refractivity contribution in [2.24, 2.45) is 0 Å². The first-order valence-electron chi connectivity index (χ1n) is 3.27. The zero-order chi connectivity index (χ0) is 8.48. The molecule has 0 aromatic heterocycles. The van der Waals surface area contributed by atoms with Gasteiger partial charge in [-0.15, -0.1) is 12.4 Å². The number of benzene rings is 1. The SMILES string of the molecule is Cc1ccc(S(C)(=O)=O)cc1.Cl. The van der Waals surface area contributed by atoms with Crippen molar-refractivity contribution in [3.05, 3.63) is 29.8 Å². The minimum Gasteiger partial charge on any atom is -0.224 e. The predicted octanol–water partition coefficient (Wildman–Crippen LogP) is 1.82. The van der Waals surface area contributed by atoms with Crippen molar-refractivity contribution in [3.8, 4) is 0 Å². The molecule has 0 spiro atoms. The third-order valence-electron chi connectivity index (χ3n) is 1.45. The molecule has 0 saturated carbocycles. The Morgan fingerprint density at radius 3 is 1.83 bits per heavy atom. The highest BCUT2D eigenvalue weighted by molar-refractivity contribution is 7.90.